The fourth-order valence-corrected chi connectivity index (χ4v) is 2.42. The molecule has 1 saturated carbocycles. The van der Waals surface area contributed by atoms with Gasteiger partial charge in [0, 0.05) is 24.4 Å². The fraction of sp³-hybridized carbons (Fsp3) is 0.571. The normalized spacial score (nSPS) is 23.7. The Morgan fingerprint density at radius 3 is 2.83 bits per heavy atom. The maximum absolute atomic E-state index is 12.9. The van der Waals surface area contributed by atoms with Crippen LogP contribution in [-0.4, -0.2) is 17.4 Å². The third kappa shape index (κ3) is 3.52. The minimum absolute atomic E-state index is 0.213. The predicted molar refractivity (Wildman–Crippen MR) is 67.7 cm³/mol. The highest BCUT2D eigenvalue weighted by molar-refractivity contribution is 5.93. The number of hydrogen-bond donors (Lipinski definition) is 1. The van der Waals surface area contributed by atoms with E-state index in [1.165, 1.54) is 37.9 Å². The summed E-state index contributed by atoms with van der Waals surface area (Å²) >= 11 is 0. The predicted octanol–water partition coefficient (Wildman–Crippen LogP) is 2.78. The molecule has 3 nitrogen and oxygen atoms in total. The molecule has 0 aromatic carbocycles. The molecule has 1 fully saturated rings. The van der Waals surface area contributed by atoms with Gasteiger partial charge in [-0.05, 0) is 30.7 Å². The van der Waals surface area contributed by atoms with Gasteiger partial charge in [0.2, 0.25) is 5.95 Å². The summed E-state index contributed by atoms with van der Waals surface area (Å²) in [6.07, 6.45) is 6.14. The number of nitrogens with one attached hydrogen (secondary N) is 1. The number of halogens is 1. The van der Waals surface area contributed by atoms with Crippen LogP contribution in [0.1, 0.15) is 43.0 Å². The smallest absolute Gasteiger partial charge is 0.251 e. The van der Waals surface area contributed by atoms with E-state index in [4.69, 9.17) is 0 Å². The second-order valence-electron chi connectivity index (χ2n) is 5.20. The Kier molecular flexibility index (Phi) is 4.28. The Morgan fingerprint density at radius 2 is 2.17 bits per heavy atom. The van der Waals surface area contributed by atoms with Crippen LogP contribution in [-0.2, 0) is 0 Å². The van der Waals surface area contributed by atoms with E-state index in [1.807, 2.05) is 0 Å². The molecule has 1 aromatic heterocycles. The quantitative estimate of drug-likeness (QED) is 0.838. The minimum Gasteiger partial charge on any atom is -0.352 e. The summed E-state index contributed by atoms with van der Waals surface area (Å²) < 4.78 is 12.9. The number of pyridine rings is 1. The van der Waals surface area contributed by atoms with Gasteiger partial charge in [-0.2, -0.15) is 4.39 Å². The van der Waals surface area contributed by atoms with Crippen molar-refractivity contribution in [3.05, 3.63) is 29.8 Å². The van der Waals surface area contributed by atoms with Crippen molar-refractivity contribution in [1.82, 2.24) is 10.3 Å². The molecule has 1 N–H and O–H groups in total. The van der Waals surface area contributed by atoms with Crippen LogP contribution < -0.4 is 5.32 Å². The molecule has 2 rings (SSSR count). The first-order chi connectivity index (χ1) is 8.65. The van der Waals surface area contributed by atoms with E-state index >= 15 is 0 Å². The number of hydrogen-bond acceptors (Lipinski definition) is 2. The first-order valence-corrected chi connectivity index (χ1v) is 6.55. The number of rotatable bonds is 3. The minimum atomic E-state index is -0.617. The van der Waals surface area contributed by atoms with Crippen molar-refractivity contribution in [3.63, 3.8) is 0 Å². The van der Waals surface area contributed by atoms with Crippen LogP contribution in [0.2, 0.25) is 0 Å². The average Bonchev–Trinajstić information content (AvgIpc) is 2.38. The summed E-state index contributed by atoms with van der Waals surface area (Å²) in [4.78, 5) is 15.2. The third-order valence-corrected chi connectivity index (χ3v) is 3.68. The molecule has 0 radical (unpaired) electrons. The number of aromatic nitrogens is 1. The summed E-state index contributed by atoms with van der Waals surface area (Å²) in [7, 11) is 0. The van der Waals surface area contributed by atoms with Gasteiger partial charge in [0.05, 0.1) is 0 Å². The van der Waals surface area contributed by atoms with Crippen LogP contribution in [0, 0.1) is 17.8 Å². The van der Waals surface area contributed by atoms with Crippen LogP contribution in [0.5, 0.6) is 0 Å². The molecule has 98 valence electrons. The van der Waals surface area contributed by atoms with Gasteiger partial charge in [0.25, 0.3) is 5.91 Å². The molecule has 1 aliphatic rings. The van der Waals surface area contributed by atoms with Gasteiger partial charge in [0.15, 0.2) is 0 Å². The van der Waals surface area contributed by atoms with Crippen LogP contribution in [0.25, 0.3) is 0 Å². The highest BCUT2D eigenvalue weighted by Gasteiger charge is 2.18. The molecule has 1 heterocycles. The third-order valence-electron chi connectivity index (χ3n) is 3.68. The number of carbonyl (C=O) groups is 1. The van der Waals surface area contributed by atoms with Crippen LogP contribution in [0.15, 0.2) is 18.3 Å². The molecule has 0 bridgehead atoms. The lowest BCUT2D eigenvalue weighted by Crippen LogP contribution is -2.31. The Bertz CT molecular complexity index is 414. The Hall–Kier alpha value is -1.45. The highest BCUT2D eigenvalue weighted by atomic mass is 19.1. The van der Waals surface area contributed by atoms with Gasteiger partial charge in [0.1, 0.15) is 0 Å². The van der Waals surface area contributed by atoms with Crippen molar-refractivity contribution < 1.29 is 9.18 Å². The van der Waals surface area contributed by atoms with E-state index in [9.17, 15) is 9.18 Å². The van der Waals surface area contributed by atoms with Crippen molar-refractivity contribution in [2.45, 2.75) is 32.6 Å². The summed E-state index contributed by atoms with van der Waals surface area (Å²) in [5, 5.41) is 2.88. The zero-order valence-corrected chi connectivity index (χ0v) is 10.7. The van der Waals surface area contributed by atoms with Gasteiger partial charge in [-0.1, -0.05) is 19.8 Å². The van der Waals surface area contributed by atoms with Gasteiger partial charge >= 0.3 is 0 Å². The van der Waals surface area contributed by atoms with Crippen molar-refractivity contribution in [2.24, 2.45) is 11.8 Å². The van der Waals surface area contributed by atoms with E-state index in [2.05, 4.69) is 17.2 Å². The zero-order chi connectivity index (χ0) is 13.0. The number of carbonyl (C=O) groups excluding carboxylic acids is 1. The molecule has 1 aromatic rings. The van der Waals surface area contributed by atoms with Crippen molar-refractivity contribution in [3.8, 4) is 0 Å². The van der Waals surface area contributed by atoms with Gasteiger partial charge in [-0.15, -0.1) is 0 Å². The van der Waals surface area contributed by atoms with E-state index in [0.717, 1.165) is 12.0 Å². The van der Waals surface area contributed by atoms with Gasteiger partial charge in [-0.3, -0.25) is 4.79 Å². The Balaban J connectivity index is 1.81. The molecule has 18 heavy (non-hydrogen) atoms. The maximum Gasteiger partial charge on any atom is 0.251 e. The topological polar surface area (TPSA) is 42.0 Å². The lowest BCUT2D eigenvalue weighted by atomic mass is 9.83. The Morgan fingerprint density at radius 1 is 1.44 bits per heavy atom. The second-order valence-corrected chi connectivity index (χ2v) is 5.20. The second kappa shape index (κ2) is 5.94. The lowest BCUT2D eigenvalue weighted by Gasteiger charge is -2.26. The standard InChI is InChI=1S/C14H19FN2O/c1-10-2-4-11(5-3-10)9-17-14(18)12-6-7-16-13(15)8-12/h6-8,10-11H,2-5,9H2,1H3,(H,17,18). The molecule has 0 unspecified atom stereocenters. The molecule has 0 spiro atoms. The molecule has 1 aliphatic carbocycles. The maximum atomic E-state index is 12.9. The van der Waals surface area contributed by atoms with Crippen molar-refractivity contribution in [1.29, 1.82) is 0 Å². The monoisotopic (exact) mass is 250 g/mol. The molecule has 0 atom stereocenters. The zero-order valence-electron chi connectivity index (χ0n) is 10.7. The first kappa shape index (κ1) is 13.0. The molecule has 0 saturated heterocycles. The molecule has 1 amide bonds. The summed E-state index contributed by atoms with van der Waals surface area (Å²) in [5.74, 6) is 0.548. The molecular formula is C14H19FN2O. The van der Waals surface area contributed by atoms with Crippen LogP contribution in [0.4, 0.5) is 4.39 Å². The van der Waals surface area contributed by atoms with E-state index < -0.39 is 5.95 Å². The van der Waals surface area contributed by atoms with Gasteiger partial charge in [-0.25, -0.2) is 4.98 Å². The van der Waals surface area contributed by atoms with Crippen molar-refractivity contribution >= 4 is 5.91 Å². The molecule has 0 aliphatic heterocycles. The van der Waals surface area contributed by atoms with E-state index in [1.54, 1.807) is 0 Å². The van der Waals surface area contributed by atoms with Crippen LogP contribution in [0.3, 0.4) is 0 Å². The summed E-state index contributed by atoms with van der Waals surface area (Å²) in [6, 6.07) is 2.69. The number of nitrogens with zero attached hydrogens (tertiary/aromatic N) is 1. The lowest BCUT2D eigenvalue weighted by molar-refractivity contribution is 0.0941. The average molecular weight is 250 g/mol. The fourth-order valence-electron chi connectivity index (χ4n) is 2.42. The summed E-state index contributed by atoms with van der Waals surface area (Å²) in [6.45, 7) is 2.96. The molecular weight excluding hydrogens is 231 g/mol. The largest absolute Gasteiger partial charge is 0.352 e. The van der Waals surface area contributed by atoms with Gasteiger partial charge < -0.3 is 5.32 Å². The highest BCUT2D eigenvalue weighted by Crippen LogP contribution is 2.27. The van der Waals surface area contributed by atoms with Crippen molar-refractivity contribution in [2.75, 3.05) is 6.54 Å². The van der Waals surface area contributed by atoms with E-state index in [0.29, 0.717) is 18.0 Å². The van der Waals surface area contributed by atoms with E-state index in [-0.39, 0.29) is 5.91 Å². The Labute approximate surface area is 107 Å². The SMILES string of the molecule is CC1CCC(CNC(=O)c2ccnc(F)c2)CC1. The summed E-state index contributed by atoms with van der Waals surface area (Å²) in [5.41, 5.74) is 0.340. The first-order valence-electron chi connectivity index (χ1n) is 6.55. The van der Waals surface area contributed by atoms with Crippen LogP contribution >= 0.6 is 0 Å². The molecule has 4 heteroatoms. The number of amides is 1.